The summed E-state index contributed by atoms with van der Waals surface area (Å²) in [5, 5.41) is 0.878. The number of Topliss-reactive ketones (excluding diaryl/α,β-unsaturated/α-hetero) is 2. The molecular formula is C17H19NO3S. The molecule has 0 aliphatic heterocycles. The van der Waals surface area contributed by atoms with Gasteiger partial charge in [0.25, 0.3) is 0 Å². The van der Waals surface area contributed by atoms with Crippen LogP contribution in [0.3, 0.4) is 0 Å². The largest absolute Gasteiger partial charge is 0.494 e. The summed E-state index contributed by atoms with van der Waals surface area (Å²) >= 11 is 1.57. The van der Waals surface area contributed by atoms with Gasteiger partial charge in [0, 0.05) is 23.1 Å². The van der Waals surface area contributed by atoms with Crippen molar-refractivity contribution >= 4 is 22.9 Å². The second-order valence-electron chi connectivity index (χ2n) is 5.11. The molecule has 0 saturated carbocycles. The molecule has 0 aliphatic rings. The van der Waals surface area contributed by atoms with Crippen LogP contribution in [0.1, 0.15) is 40.0 Å². The minimum absolute atomic E-state index is 0.0366. The second-order valence-corrected chi connectivity index (χ2v) is 6.43. The van der Waals surface area contributed by atoms with Gasteiger partial charge in [-0.15, -0.1) is 11.3 Å². The number of hydrogen-bond donors (Lipinski definition) is 0. The SMILES string of the molecule is CC(=O)c1ccc(OCCCC(=O)Cc2ncc(C)s2)cc1. The van der Waals surface area contributed by atoms with E-state index in [1.54, 1.807) is 41.8 Å². The first-order chi connectivity index (χ1) is 10.5. The molecule has 0 saturated heterocycles. The Morgan fingerprint density at radius 2 is 1.95 bits per heavy atom. The van der Waals surface area contributed by atoms with Crippen LogP contribution in [-0.4, -0.2) is 23.2 Å². The van der Waals surface area contributed by atoms with Crippen molar-refractivity contribution in [3.63, 3.8) is 0 Å². The van der Waals surface area contributed by atoms with Gasteiger partial charge in [0.1, 0.15) is 16.5 Å². The summed E-state index contributed by atoms with van der Waals surface area (Å²) in [5.74, 6) is 0.937. The van der Waals surface area contributed by atoms with Crippen LogP contribution < -0.4 is 4.74 Å². The summed E-state index contributed by atoms with van der Waals surface area (Å²) in [6.45, 7) is 4.00. The summed E-state index contributed by atoms with van der Waals surface area (Å²) < 4.78 is 5.57. The van der Waals surface area contributed by atoms with E-state index in [0.717, 1.165) is 9.88 Å². The number of aryl methyl sites for hydroxylation is 1. The Hall–Kier alpha value is -2.01. The van der Waals surface area contributed by atoms with Gasteiger partial charge in [-0.25, -0.2) is 4.98 Å². The monoisotopic (exact) mass is 317 g/mol. The molecule has 2 rings (SSSR count). The van der Waals surface area contributed by atoms with Gasteiger partial charge in [-0.05, 0) is 44.5 Å². The first kappa shape index (κ1) is 16.4. The van der Waals surface area contributed by atoms with Crippen LogP contribution in [0.2, 0.25) is 0 Å². The number of nitrogens with zero attached hydrogens (tertiary/aromatic N) is 1. The Labute approximate surface area is 134 Å². The van der Waals surface area contributed by atoms with E-state index in [4.69, 9.17) is 4.74 Å². The van der Waals surface area contributed by atoms with Crippen molar-refractivity contribution in [2.45, 2.75) is 33.1 Å². The highest BCUT2D eigenvalue weighted by Crippen LogP contribution is 2.14. The summed E-state index contributed by atoms with van der Waals surface area (Å²) in [4.78, 5) is 28.3. The molecule has 0 atom stereocenters. The van der Waals surface area contributed by atoms with Gasteiger partial charge < -0.3 is 4.74 Å². The van der Waals surface area contributed by atoms with Gasteiger partial charge in [0.15, 0.2) is 5.78 Å². The summed E-state index contributed by atoms with van der Waals surface area (Å²) in [6.07, 6.45) is 3.37. The molecule has 0 unspecified atom stereocenters. The van der Waals surface area contributed by atoms with E-state index < -0.39 is 0 Å². The highest BCUT2D eigenvalue weighted by Gasteiger charge is 2.07. The van der Waals surface area contributed by atoms with Gasteiger partial charge in [-0.2, -0.15) is 0 Å². The van der Waals surface area contributed by atoms with E-state index in [9.17, 15) is 9.59 Å². The van der Waals surface area contributed by atoms with Crippen molar-refractivity contribution in [1.82, 2.24) is 4.98 Å². The van der Waals surface area contributed by atoms with Crippen LogP contribution in [0.4, 0.5) is 0 Å². The Morgan fingerprint density at radius 1 is 1.23 bits per heavy atom. The maximum absolute atomic E-state index is 11.8. The number of benzene rings is 1. The fourth-order valence-corrected chi connectivity index (χ4v) is 2.80. The van der Waals surface area contributed by atoms with Gasteiger partial charge >= 0.3 is 0 Å². The quantitative estimate of drug-likeness (QED) is 0.551. The maximum atomic E-state index is 11.8. The van der Waals surface area contributed by atoms with Crippen LogP contribution in [0.15, 0.2) is 30.5 Å². The molecule has 0 fully saturated rings. The Morgan fingerprint density at radius 3 is 2.55 bits per heavy atom. The number of rotatable bonds is 8. The number of ketones is 2. The molecule has 0 amide bonds. The topological polar surface area (TPSA) is 56.3 Å². The number of hydrogen-bond acceptors (Lipinski definition) is 5. The van der Waals surface area contributed by atoms with Gasteiger partial charge in [-0.1, -0.05) is 0 Å². The Bertz CT molecular complexity index is 646. The van der Waals surface area contributed by atoms with E-state index in [2.05, 4.69) is 4.98 Å². The molecule has 22 heavy (non-hydrogen) atoms. The van der Waals surface area contributed by atoms with Crippen LogP contribution in [0, 0.1) is 6.92 Å². The standard InChI is InChI=1S/C17H19NO3S/c1-12-11-18-17(22-12)10-15(20)4-3-9-21-16-7-5-14(6-8-16)13(2)19/h5-8,11H,3-4,9-10H2,1-2H3. The zero-order valence-electron chi connectivity index (χ0n) is 12.8. The molecule has 2 aromatic rings. The van der Waals surface area contributed by atoms with Crippen molar-refractivity contribution < 1.29 is 14.3 Å². The number of aromatic nitrogens is 1. The van der Waals surface area contributed by atoms with Gasteiger partial charge in [0.05, 0.1) is 13.0 Å². The lowest BCUT2D eigenvalue weighted by Crippen LogP contribution is -2.06. The average molecular weight is 317 g/mol. The predicted molar refractivity (Wildman–Crippen MR) is 86.7 cm³/mol. The molecule has 0 spiro atoms. The van der Waals surface area contributed by atoms with E-state index in [-0.39, 0.29) is 11.6 Å². The van der Waals surface area contributed by atoms with Crippen molar-refractivity contribution in [3.05, 3.63) is 45.9 Å². The number of carbonyl (C=O) groups is 2. The third kappa shape index (κ3) is 5.07. The first-order valence-electron chi connectivity index (χ1n) is 7.21. The fraction of sp³-hybridized carbons (Fsp3) is 0.353. The summed E-state index contributed by atoms with van der Waals surface area (Å²) in [6, 6.07) is 7.04. The lowest BCUT2D eigenvalue weighted by molar-refractivity contribution is -0.118. The minimum Gasteiger partial charge on any atom is -0.494 e. The molecule has 4 nitrogen and oxygen atoms in total. The van der Waals surface area contributed by atoms with E-state index in [1.807, 2.05) is 6.92 Å². The number of ether oxygens (including phenoxy) is 1. The lowest BCUT2D eigenvalue weighted by atomic mass is 10.1. The highest BCUT2D eigenvalue weighted by atomic mass is 32.1. The third-order valence-corrected chi connectivity index (χ3v) is 4.06. The Kier molecular flexibility index (Phi) is 5.83. The average Bonchev–Trinajstić information content (AvgIpc) is 2.89. The minimum atomic E-state index is 0.0366. The molecular weight excluding hydrogens is 298 g/mol. The van der Waals surface area contributed by atoms with Crippen LogP contribution in [0.5, 0.6) is 5.75 Å². The van der Waals surface area contributed by atoms with Crippen molar-refractivity contribution in [1.29, 1.82) is 0 Å². The molecule has 1 heterocycles. The second kappa shape index (κ2) is 7.84. The zero-order chi connectivity index (χ0) is 15.9. The molecule has 1 aromatic heterocycles. The first-order valence-corrected chi connectivity index (χ1v) is 8.03. The van der Waals surface area contributed by atoms with Crippen molar-refractivity contribution in [2.24, 2.45) is 0 Å². The van der Waals surface area contributed by atoms with Crippen LogP contribution >= 0.6 is 11.3 Å². The molecule has 0 bridgehead atoms. The molecule has 116 valence electrons. The van der Waals surface area contributed by atoms with Crippen molar-refractivity contribution in [3.8, 4) is 5.75 Å². The molecule has 0 N–H and O–H groups in total. The lowest BCUT2D eigenvalue weighted by Gasteiger charge is -2.06. The van der Waals surface area contributed by atoms with Crippen molar-refractivity contribution in [2.75, 3.05) is 6.61 Å². The summed E-state index contributed by atoms with van der Waals surface area (Å²) in [7, 11) is 0. The molecule has 5 heteroatoms. The fourth-order valence-electron chi connectivity index (χ4n) is 1.99. The zero-order valence-corrected chi connectivity index (χ0v) is 13.6. The smallest absolute Gasteiger partial charge is 0.159 e. The maximum Gasteiger partial charge on any atom is 0.159 e. The van der Waals surface area contributed by atoms with Gasteiger partial charge in [-0.3, -0.25) is 9.59 Å². The number of carbonyl (C=O) groups excluding carboxylic acids is 2. The van der Waals surface area contributed by atoms with Crippen LogP contribution in [-0.2, 0) is 11.2 Å². The van der Waals surface area contributed by atoms with E-state index in [1.165, 1.54) is 6.92 Å². The normalized spacial score (nSPS) is 10.5. The molecule has 0 radical (unpaired) electrons. The molecule has 0 aliphatic carbocycles. The van der Waals surface area contributed by atoms with E-state index in [0.29, 0.717) is 37.2 Å². The Balaban J connectivity index is 1.68. The number of thiazole rings is 1. The van der Waals surface area contributed by atoms with E-state index >= 15 is 0 Å². The van der Waals surface area contributed by atoms with Crippen LogP contribution in [0.25, 0.3) is 0 Å². The molecule has 1 aromatic carbocycles. The predicted octanol–water partition coefficient (Wildman–Crippen LogP) is 3.62. The summed E-state index contributed by atoms with van der Waals surface area (Å²) in [5.41, 5.74) is 0.668. The highest BCUT2D eigenvalue weighted by molar-refractivity contribution is 7.11. The van der Waals surface area contributed by atoms with Gasteiger partial charge in [0.2, 0.25) is 0 Å². The third-order valence-electron chi connectivity index (χ3n) is 3.15.